The zero-order valence-electron chi connectivity index (χ0n) is 6.92. The van der Waals surface area contributed by atoms with Crippen LogP contribution in [0.15, 0.2) is 0 Å². The molecule has 0 aliphatic rings. The van der Waals surface area contributed by atoms with Gasteiger partial charge in [-0.2, -0.15) is 5.01 Å². The molecule has 4 heteroatoms. The molecular formula is C6H16N2O2. The molecule has 0 aromatic rings. The topological polar surface area (TPSA) is 69.7 Å². The van der Waals surface area contributed by atoms with Crippen molar-refractivity contribution in [2.45, 2.75) is 39.1 Å². The Labute approximate surface area is 61.2 Å². The Hall–Kier alpha value is -0.160. The van der Waals surface area contributed by atoms with E-state index in [0.29, 0.717) is 0 Å². The van der Waals surface area contributed by atoms with Crippen molar-refractivity contribution in [1.82, 2.24) is 5.01 Å². The first-order valence-corrected chi connectivity index (χ1v) is 3.15. The van der Waals surface area contributed by atoms with E-state index in [1.54, 1.807) is 0 Å². The molecule has 0 aromatic heterocycles. The first-order valence-electron chi connectivity index (χ1n) is 3.15. The minimum Gasteiger partial charge on any atom is -0.375 e. The van der Waals surface area contributed by atoms with Gasteiger partial charge in [-0.25, -0.2) is 0 Å². The Morgan fingerprint density at radius 2 is 1.20 bits per heavy atom. The Bertz CT molecular complexity index is 97.9. The monoisotopic (exact) mass is 148 g/mol. The van der Waals surface area contributed by atoms with E-state index in [4.69, 9.17) is 5.84 Å². The van der Waals surface area contributed by atoms with Gasteiger partial charge in [-0.3, -0.25) is 5.84 Å². The van der Waals surface area contributed by atoms with Crippen molar-refractivity contribution in [2.75, 3.05) is 0 Å². The minimum atomic E-state index is -1.20. The summed E-state index contributed by atoms with van der Waals surface area (Å²) in [6.07, 6.45) is 0. The van der Waals surface area contributed by atoms with Gasteiger partial charge in [-0.05, 0) is 27.7 Å². The average Bonchev–Trinajstić information content (AvgIpc) is 1.59. The van der Waals surface area contributed by atoms with Crippen molar-refractivity contribution >= 4 is 0 Å². The molecule has 0 amide bonds. The summed E-state index contributed by atoms with van der Waals surface area (Å²) in [5.41, 5.74) is -2.39. The lowest BCUT2D eigenvalue weighted by molar-refractivity contribution is -0.202. The zero-order chi connectivity index (χ0) is 8.58. The van der Waals surface area contributed by atoms with Gasteiger partial charge in [0.2, 0.25) is 0 Å². The molecule has 0 rings (SSSR count). The largest absolute Gasteiger partial charge is 0.375 e. The van der Waals surface area contributed by atoms with E-state index < -0.39 is 11.4 Å². The highest BCUT2D eigenvalue weighted by atomic mass is 16.4. The second-order valence-electron chi connectivity index (χ2n) is 3.36. The van der Waals surface area contributed by atoms with Crippen molar-refractivity contribution in [3.63, 3.8) is 0 Å². The van der Waals surface area contributed by atoms with E-state index in [9.17, 15) is 10.2 Å². The second kappa shape index (κ2) is 2.47. The molecule has 0 aromatic carbocycles. The molecule has 0 spiro atoms. The molecular weight excluding hydrogens is 132 g/mol. The molecule has 0 saturated heterocycles. The van der Waals surface area contributed by atoms with Crippen LogP contribution in [-0.2, 0) is 0 Å². The van der Waals surface area contributed by atoms with Crippen molar-refractivity contribution in [3.8, 4) is 0 Å². The van der Waals surface area contributed by atoms with Gasteiger partial charge < -0.3 is 10.2 Å². The molecule has 0 heterocycles. The highest BCUT2D eigenvalue weighted by Gasteiger charge is 2.31. The van der Waals surface area contributed by atoms with E-state index in [-0.39, 0.29) is 0 Å². The quantitative estimate of drug-likeness (QED) is 0.283. The Morgan fingerprint density at radius 1 is 1.00 bits per heavy atom. The van der Waals surface area contributed by atoms with Gasteiger partial charge in [0.25, 0.3) is 0 Å². The number of nitrogens with two attached hydrogens (primary N) is 1. The fourth-order valence-corrected chi connectivity index (χ4v) is 0.670. The smallest absolute Gasteiger partial charge is 0.127 e. The molecule has 0 unspecified atom stereocenters. The van der Waals surface area contributed by atoms with Crippen molar-refractivity contribution < 1.29 is 10.2 Å². The molecule has 0 atom stereocenters. The minimum absolute atomic E-state index is 0.986. The molecule has 0 radical (unpaired) electrons. The van der Waals surface area contributed by atoms with Crippen LogP contribution in [0.1, 0.15) is 27.7 Å². The Balaban J connectivity index is 4.23. The maximum absolute atomic E-state index is 9.26. The SMILES string of the molecule is CC(C)(O)N(N)C(C)(C)O. The van der Waals surface area contributed by atoms with Gasteiger partial charge in [0.15, 0.2) is 0 Å². The van der Waals surface area contributed by atoms with Crippen LogP contribution in [0.25, 0.3) is 0 Å². The van der Waals surface area contributed by atoms with Crippen molar-refractivity contribution in [3.05, 3.63) is 0 Å². The van der Waals surface area contributed by atoms with Crippen LogP contribution >= 0.6 is 0 Å². The summed E-state index contributed by atoms with van der Waals surface area (Å²) < 4.78 is 0. The Morgan fingerprint density at radius 3 is 1.20 bits per heavy atom. The van der Waals surface area contributed by atoms with Crippen LogP contribution in [0, 0.1) is 0 Å². The third-order valence-electron chi connectivity index (χ3n) is 1.18. The third-order valence-corrected chi connectivity index (χ3v) is 1.18. The zero-order valence-corrected chi connectivity index (χ0v) is 6.92. The summed E-state index contributed by atoms with van der Waals surface area (Å²) in [7, 11) is 0. The first-order chi connectivity index (χ1) is 4.15. The Kier molecular flexibility index (Phi) is 2.43. The number of nitrogens with zero attached hydrogens (tertiary/aromatic N) is 1. The van der Waals surface area contributed by atoms with Crippen LogP contribution in [0.3, 0.4) is 0 Å². The molecule has 0 bridgehead atoms. The third kappa shape index (κ3) is 2.62. The fourth-order valence-electron chi connectivity index (χ4n) is 0.670. The predicted molar refractivity (Wildman–Crippen MR) is 38.6 cm³/mol. The van der Waals surface area contributed by atoms with Crippen LogP contribution < -0.4 is 5.84 Å². The lowest BCUT2D eigenvalue weighted by Crippen LogP contribution is -2.59. The summed E-state index contributed by atoms with van der Waals surface area (Å²) in [5.74, 6) is 5.36. The van der Waals surface area contributed by atoms with E-state index in [1.807, 2.05) is 0 Å². The van der Waals surface area contributed by atoms with E-state index >= 15 is 0 Å². The lowest BCUT2D eigenvalue weighted by Gasteiger charge is -2.38. The summed E-state index contributed by atoms with van der Waals surface area (Å²) in [6.45, 7) is 6.02. The molecule has 62 valence electrons. The lowest BCUT2D eigenvalue weighted by atomic mass is 10.2. The van der Waals surface area contributed by atoms with Gasteiger partial charge in [0, 0.05) is 0 Å². The second-order valence-corrected chi connectivity index (χ2v) is 3.36. The number of aliphatic hydroxyl groups is 2. The van der Waals surface area contributed by atoms with Crippen molar-refractivity contribution in [2.24, 2.45) is 5.84 Å². The molecule has 0 aliphatic heterocycles. The van der Waals surface area contributed by atoms with Crippen molar-refractivity contribution in [1.29, 1.82) is 0 Å². The summed E-state index contributed by atoms with van der Waals surface area (Å²) in [6, 6.07) is 0. The summed E-state index contributed by atoms with van der Waals surface area (Å²) >= 11 is 0. The van der Waals surface area contributed by atoms with Crippen LogP contribution in [0.5, 0.6) is 0 Å². The molecule has 0 fully saturated rings. The van der Waals surface area contributed by atoms with E-state index in [1.165, 1.54) is 27.7 Å². The van der Waals surface area contributed by atoms with Gasteiger partial charge >= 0.3 is 0 Å². The standard InChI is InChI=1S/C6H16N2O2/c1-5(2,9)8(7)6(3,4)10/h9-10H,7H2,1-4H3. The predicted octanol–water partition coefficient (Wildman–Crippen LogP) is -0.381. The molecule has 10 heavy (non-hydrogen) atoms. The van der Waals surface area contributed by atoms with E-state index in [0.717, 1.165) is 5.01 Å². The maximum Gasteiger partial charge on any atom is 0.127 e. The van der Waals surface area contributed by atoms with Crippen LogP contribution in [-0.4, -0.2) is 26.7 Å². The summed E-state index contributed by atoms with van der Waals surface area (Å²) in [5, 5.41) is 19.5. The summed E-state index contributed by atoms with van der Waals surface area (Å²) in [4.78, 5) is 0. The van der Waals surface area contributed by atoms with Crippen LogP contribution in [0.2, 0.25) is 0 Å². The highest BCUT2D eigenvalue weighted by molar-refractivity contribution is 4.71. The number of rotatable bonds is 2. The number of hydrogen-bond donors (Lipinski definition) is 3. The van der Waals surface area contributed by atoms with Gasteiger partial charge in [-0.15, -0.1) is 0 Å². The molecule has 0 aliphatic carbocycles. The average molecular weight is 148 g/mol. The van der Waals surface area contributed by atoms with Gasteiger partial charge in [0.1, 0.15) is 11.4 Å². The number of hydrogen-bond acceptors (Lipinski definition) is 4. The van der Waals surface area contributed by atoms with E-state index in [2.05, 4.69) is 0 Å². The molecule has 4 nitrogen and oxygen atoms in total. The molecule has 0 saturated carbocycles. The number of hydrazine groups is 1. The highest BCUT2D eigenvalue weighted by Crippen LogP contribution is 2.15. The first kappa shape index (κ1) is 9.84. The van der Waals surface area contributed by atoms with Gasteiger partial charge in [0.05, 0.1) is 0 Å². The normalized spacial score (nSPS) is 14.4. The molecule has 4 N–H and O–H groups in total. The van der Waals surface area contributed by atoms with Gasteiger partial charge in [-0.1, -0.05) is 0 Å². The fraction of sp³-hybridized carbons (Fsp3) is 1.00. The van der Waals surface area contributed by atoms with Crippen LogP contribution in [0.4, 0.5) is 0 Å². The maximum atomic E-state index is 9.26.